The van der Waals surface area contributed by atoms with Crippen LogP contribution < -0.4 is 4.74 Å². The Morgan fingerprint density at radius 3 is 2.57 bits per heavy atom. The molecule has 1 N–H and O–H groups in total. The van der Waals surface area contributed by atoms with Gasteiger partial charge >= 0.3 is 12.3 Å². The molecule has 0 amide bonds. The molecule has 5 nitrogen and oxygen atoms in total. The Kier molecular flexibility index (Phi) is 3.79. The van der Waals surface area contributed by atoms with Crippen molar-refractivity contribution < 1.29 is 27.8 Å². The molecule has 8 heteroatoms. The molecule has 21 heavy (non-hydrogen) atoms. The maximum absolute atomic E-state index is 12.2. The molecule has 0 saturated carbocycles. The minimum absolute atomic E-state index is 0.243. The van der Waals surface area contributed by atoms with Gasteiger partial charge in [-0.15, -0.1) is 13.2 Å². The number of carboxylic acids is 1. The van der Waals surface area contributed by atoms with Crippen LogP contribution >= 0.6 is 0 Å². The number of carbonyl (C=O) groups is 1. The lowest BCUT2D eigenvalue weighted by Crippen LogP contribution is -2.17. The molecule has 2 rings (SSSR count). The molecule has 1 heterocycles. The van der Waals surface area contributed by atoms with Gasteiger partial charge in [0.2, 0.25) is 0 Å². The van der Waals surface area contributed by atoms with Crippen LogP contribution in [0.2, 0.25) is 0 Å². The van der Waals surface area contributed by atoms with E-state index in [9.17, 15) is 18.0 Å². The zero-order valence-electron chi connectivity index (χ0n) is 10.7. The van der Waals surface area contributed by atoms with E-state index >= 15 is 0 Å². The maximum Gasteiger partial charge on any atom is 0.573 e. The smallest absolute Gasteiger partial charge is 0.476 e. The first kappa shape index (κ1) is 14.8. The Morgan fingerprint density at radius 2 is 2.00 bits per heavy atom. The van der Waals surface area contributed by atoms with Crippen molar-refractivity contribution in [2.45, 2.75) is 13.3 Å². The number of rotatable bonds is 3. The van der Waals surface area contributed by atoms with Gasteiger partial charge < -0.3 is 9.84 Å². The minimum Gasteiger partial charge on any atom is -0.476 e. The van der Waals surface area contributed by atoms with Gasteiger partial charge in [-0.25, -0.2) is 9.78 Å². The molecule has 0 spiro atoms. The van der Waals surface area contributed by atoms with Crippen molar-refractivity contribution in [1.29, 1.82) is 0 Å². The lowest BCUT2D eigenvalue weighted by molar-refractivity contribution is -0.274. The van der Waals surface area contributed by atoms with Crippen molar-refractivity contribution in [3.05, 3.63) is 41.9 Å². The summed E-state index contributed by atoms with van der Waals surface area (Å²) < 4.78 is 40.4. The van der Waals surface area contributed by atoms with Gasteiger partial charge in [-0.3, -0.25) is 4.98 Å². The fraction of sp³-hybridized carbons (Fsp3) is 0.154. The lowest BCUT2D eigenvalue weighted by atomic mass is 10.1. The van der Waals surface area contributed by atoms with Crippen molar-refractivity contribution >= 4 is 5.97 Å². The summed E-state index contributed by atoms with van der Waals surface area (Å²) in [6.45, 7) is 1.44. The van der Waals surface area contributed by atoms with Gasteiger partial charge in [0.25, 0.3) is 0 Å². The van der Waals surface area contributed by atoms with Crippen molar-refractivity contribution in [2.75, 3.05) is 0 Å². The van der Waals surface area contributed by atoms with Crippen LogP contribution in [0.5, 0.6) is 5.75 Å². The number of carboxylic acid groups (broad SMARTS) is 1. The largest absolute Gasteiger partial charge is 0.573 e. The second kappa shape index (κ2) is 5.39. The highest BCUT2D eigenvalue weighted by Gasteiger charge is 2.31. The first-order valence-electron chi connectivity index (χ1n) is 5.68. The summed E-state index contributed by atoms with van der Waals surface area (Å²) in [5, 5.41) is 8.83. The zero-order chi connectivity index (χ0) is 15.6. The highest BCUT2D eigenvalue weighted by molar-refractivity contribution is 5.85. The van der Waals surface area contributed by atoms with Crippen LogP contribution in [0.1, 0.15) is 16.1 Å². The highest BCUT2D eigenvalue weighted by atomic mass is 19.4. The molecule has 110 valence electrons. The van der Waals surface area contributed by atoms with Crippen LogP contribution in [0.3, 0.4) is 0 Å². The van der Waals surface area contributed by atoms with Crippen LogP contribution in [-0.2, 0) is 0 Å². The van der Waals surface area contributed by atoms with Crippen LogP contribution in [0.4, 0.5) is 13.2 Å². The summed E-state index contributed by atoms with van der Waals surface area (Å²) in [5.74, 6) is -1.56. The van der Waals surface area contributed by atoms with Gasteiger partial charge in [0, 0.05) is 5.56 Å². The van der Waals surface area contributed by atoms with E-state index < -0.39 is 12.3 Å². The fourth-order valence-corrected chi connectivity index (χ4v) is 1.66. The SMILES string of the molecule is Cc1cc(-c2cncc(C(=O)O)n2)ccc1OC(F)(F)F. The number of benzene rings is 1. The Hall–Kier alpha value is -2.64. The van der Waals surface area contributed by atoms with Crippen molar-refractivity contribution in [3.8, 4) is 17.0 Å². The monoisotopic (exact) mass is 298 g/mol. The van der Waals surface area contributed by atoms with Crippen LogP contribution in [0.25, 0.3) is 11.3 Å². The first-order chi connectivity index (χ1) is 9.76. The normalized spacial score (nSPS) is 11.2. The Labute approximate surface area is 117 Å². The van der Waals surface area contributed by atoms with Gasteiger partial charge in [-0.2, -0.15) is 0 Å². The average molecular weight is 298 g/mol. The molecule has 0 bridgehead atoms. The predicted molar refractivity (Wildman–Crippen MR) is 65.8 cm³/mol. The number of aryl methyl sites for hydroxylation is 1. The summed E-state index contributed by atoms with van der Waals surface area (Å²) in [6, 6.07) is 3.91. The summed E-state index contributed by atoms with van der Waals surface area (Å²) >= 11 is 0. The number of halogens is 3. The summed E-state index contributed by atoms with van der Waals surface area (Å²) in [4.78, 5) is 18.4. The van der Waals surface area contributed by atoms with E-state index in [1.807, 2.05) is 0 Å². The van der Waals surface area contributed by atoms with Crippen LogP contribution in [-0.4, -0.2) is 27.4 Å². The fourth-order valence-electron chi connectivity index (χ4n) is 1.66. The lowest BCUT2D eigenvalue weighted by Gasteiger charge is -2.12. The highest BCUT2D eigenvalue weighted by Crippen LogP contribution is 2.29. The molecule has 1 aromatic carbocycles. The zero-order valence-corrected chi connectivity index (χ0v) is 10.7. The van der Waals surface area contributed by atoms with E-state index in [2.05, 4.69) is 14.7 Å². The third-order valence-corrected chi connectivity index (χ3v) is 2.55. The summed E-state index contributed by atoms with van der Waals surface area (Å²) in [6.07, 6.45) is -2.36. The van der Waals surface area contributed by atoms with E-state index in [4.69, 9.17) is 5.11 Å². The minimum atomic E-state index is -4.77. The van der Waals surface area contributed by atoms with Gasteiger partial charge in [0.05, 0.1) is 18.1 Å². The number of ether oxygens (including phenoxy) is 1. The quantitative estimate of drug-likeness (QED) is 0.943. The molecule has 0 aliphatic rings. The van der Waals surface area contributed by atoms with Crippen molar-refractivity contribution in [3.63, 3.8) is 0 Å². The molecule has 0 fully saturated rings. The number of aromatic nitrogens is 2. The number of aromatic carboxylic acids is 1. The van der Waals surface area contributed by atoms with Gasteiger partial charge in [0.15, 0.2) is 5.69 Å². The number of alkyl halides is 3. The van der Waals surface area contributed by atoms with Gasteiger partial charge in [-0.1, -0.05) is 0 Å². The summed E-state index contributed by atoms with van der Waals surface area (Å²) in [7, 11) is 0. The molecule has 1 aromatic heterocycles. The molecule has 0 aliphatic carbocycles. The number of nitrogens with zero attached hydrogens (tertiary/aromatic N) is 2. The molecule has 0 aliphatic heterocycles. The standard InChI is InChI=1S/C13H9F3N2O3/c1-7-4-8(2-3-11(7)21-13(14,15)16)9-5-17-6-10(18-9)12(19)20/h2-6H,1H3,(H,19,20). The molecule has 0 atom stereocenters. The molecular formula is C13H9F3N2O3. The van der Waals surface area contributed by atoms with Crippen molar-refractivity contribution in [1.82, 2.24) is 9.97 Å². The maximum atomic E-state index is 12.2. The summed E-state index contributed by atoms with van der Waals surface area (Å²) in [5.41, 5.74) is 0.683. The molecule has 0 saturated heterocycles. The third kappa shape index (κ3) is 3.68. The Bertz CT molecular complexity index is 687. The second-order valence-electron chi connectivity index (χ2n) is 4.12. The molecular weight excluding hydrogens is 289 g/mol. The Morgan fingerprint density at radius 1 is 1.29 bits per heavy atom. The van der Waals surface area contributed by atoms with Gasteiger partial charge in [0.1, 0.15) is 5.75 Å². The number of hydrogen-bond donors (Lipinski definition) is 1. The molecule has 0 unspecified atom stereocenters. The predicted octanol–water partition coefficient (Wildman–Crippen LogP) is 3.05. The topological polar surface area (TPSA) is 72.3 Å². The Balaban J connectivity index is 2.36. The van der Waals surface area contributed by atoms with E-state index in [0.717, 1.165) is 12.3 Å². The van der Waals surface area contributed by atoms with Crippen molar-refractivity contribution in [2.24, 2.45) is 0 Å². The first-order valence-corrected chi connectivity index (χ1v) is 5.68. The van der Waals surface area contributed by atoms with E-state index in [1.165, 1.54) is 25.3 Å². The number of hydrogen-bond acceptors (Lipinski definition) is 4. The third-order valence-electron chi connectivity index (χ3n) is 2.55. The average Bonchev–Trinajstić information content (AvgIpc) is 2.40. The van der Waals surface area contributed by atoms with Crippen LogP contribution in [0.15, 0.2) is 30.6 Å². The van der Waals surface area contributed by atoms with E-state index in [-0.39, 0.29) is 22.7 Å². The molecule has 2 aromatic rings. The van der Waals surface area contributed by atoms with E-state index in [0.29, 0.717) is 5.56 Å². The molecule has 0 radical (unpaired) electrons. The second-order valence-corrected chi connectivity index (χ2v) is 4.12. The van der Waals surface area contributed by atoms with E-state index in [1.54, 1.807) is 0 Å². The van der Waals surface area contributed by atoms with Crippen LogP contribution in [0, 0.1) is 6.92 Å². The van der Waals surface area contributed by atoms with Gasteiger partial charge in [-0.05, 0) is 30.7 Å².